The molecule has 0 radical (unpaired) electrons. The fraction of sp³-hybridized carbons (Fsp3) is 0.333. The van der Waals surface area contributed by atoms with Crippen LogP contribution in [0.15, 0.2) is 58.0 Å². The lowest BCUT2D eigenvalue weighted by Gasteiger charge is -2.35. The molecule has 0 saturated heterocycles. The minimum atomic E-state index is -1.20. The first-order valence-corrected chi connectivity index (χ1v) is 10.9. The van der Waals surface area contributed by atoms with Gasteiger partial charge in [-0.05, 0) is 48.2 Å². The predicted octanol–water partition coefficient (Wildman–Crippen LogP) is 6.85. The molecule has 1 aliphatic heterocycles. The van der Waals surface area contributed by atoms with E-state index in [2.05, 4.69) is 53.9 Å². The van der Waals surface area contributed by atoms with Gasteiger partial charge in [-0.15, -0.1) is 0 Å². The number of carboxylic acid groups (broad SMARTS) is 1. The molecule has 0 bridgehead atoms. The second-order valence-corrected chi connectivity index (χ2v) is 8.35. The van der Waals surface area contributed by atoms with E-state index < -0.39 is 5.97 Å². The van der Waals surface area contributed by atoms with Crippen molar-refractivity contribution in [3.05, 3.63) is 65.1 Å². The van der Waals surface area contributed by atoms with Crippen molar-refractivity contribution in [2.45, 2.75) is 49.3 Å². The number of para-hydroxylation sites is 1. The molecule has 1 aliphatic rings. The summed E-state index contributed by atoms with van der Waals surface area (Å²) < 4.78 is 0. The average molecular weight is 407 g/mol. The first-order valence-electron chi connectivity index (χ1n) is 10.1. The van der Waals surface area contributed by atoms with E-state index in [0.29, 0.717) is 5.92 Å². The molecular formula is C24H26N2O2S. The molecule has 1 unspecified atom stereocenters. The Morgan fingerprint density at radius 3 is 2.66 bits per heavy atom. The van der Waals surface area contributed by atoms with E-state index in [1.807, 2.05) is 12.1 Å². The minimum Gasteiger partial charge on any atom is -0.486 e. The Bertz CT molecular complexity index is 962. The van der Waals surface area contributed by atoms with Gasteiger partial charge in [0.05, 0.1) is 17.9 Å². The largest absolute Gasteiger partial charge is 0.486 e. The number of aliphatic carboxylic acids is 1. The van der Waals surface area contributed by atoms with Crippen molar-refractivity contribution in [3.63, 3.8) is 0 Å². The zero-order valence-electron chi connectivity index (χ0n) is 16.9. The number of fused-ring (bicyclic) bond motifs is 2. The summed E-state index contributed by atoms with van der Waals surface area (Å²) in [4.78, 5) is 19.0. The number of rotatable bonds is 8. The molecule has 2 aromatic carbocycles. The maximum Gasteiger partial charge on any atom is 0.333 e. The van der Waals surface area contributed by atoms with Crippen LogP contribution in [0.5, 0.6) is 0 Å². The molecule has 0 spiro atoms. The first-order chi connectivity index (χ1) is 14.1. The molecule has 0 aromatic heterocycles. The van der Waals surface area contributed by atoms with E-state index in [1.165, 1.54) is 35.9 Å². The molecule has 4 nitrogen and oxygen atoms in total. The summed E-state index contributed by atoms with van der Waals surface area (Å²) in [5.74, 6) is -0.571. The average Bonchev–Trinajstić information content (AvgIpc) is 2.73. The van der Waals surface area contributed by atoms with Crippen LogP contribution in [-0.2, 0) is 4.79 Å². The van der Waals surface area contributed by atoms with Crippen LogP contribution in [0.3, 0.4) is 0 Å². The highest BCUT2D eigenvalue weighted by Gasteiger charge is 2.25. The normalized spacial score (nSPS) is 14.0. The number of carbonyl (C=O) groups is 1. The van der Waals surface area contributed by atoms with Crippen LogP contribution >= 0.6 is 11.8 Å². The molecule has 29 heavy (non-hydrogen) atoms. The fourth-order valence-electron chi connectivity index (χ4n) is 3.61. The van der Waals surface area contributed by atoms with Gasteiger partial charge in [-0.25, -0.2) is 4.85 Å². The first kappa shape index (κ1) is 21.0. The summed E-state index contributed by atoms with van der Waals surface area (Å²) >= 11 is 1.70. The molecule has 0 fully saturated rings. The third-order valence-electron chi connectivity index (χ3n) is 5.28. The zero-order valence-corrected chi connectivity index (χ0v) is 17.7. The third kappa shape index (κ3) is 4.83. The van der Waals surface area contributed by atoms with Crippen molar-refractivity contribution in [2.75, 3.05) is 11.4 Å². The summed E-state index contributed by atoms with van der Waals surface area (Å²) in [5, 5.41) is 9.15. The summed E-state index contributed by atoms with van der Waals surface area (Å²) in [6, 6.07) is 14.4. The maximum absolute atomic E-state index is 11.2. The van der Waals surface area contributed by atoms with Crippen molar-refractivity contribution >= 4 is 35.2 Å². The van der Waals surface area contributed by atoms with E-state index in [-0.39, 0.29) is 5.70 Å². The van der Waals surface area contributed by atoms with Crippen molar-refractivity contribution in [2.24, 2.45) is 5.92 Å². The SMILES string of the molecule is [C-]#[N+]C(=Cc1ccc2c(c1)Sc1ccccc1N2CC(CC)CCCC)C(=O)O. The van der Waals surface area contributed by atoms with E-state index in [4.69, 9.17) is 11.7 Å². The Labute approximate surface area is 177 Å². The number of hydrogen-bond donors (Lipinski definition) is 1. The third-order valence-corrected chi connectivity index (χ3v) is 6.39. The number of anilines is 2. The van der Waals surface area contributed by atoms with E-state index in [1.54, 1.807) is 11.8 Å². The molecule has 0 aliphatic carbocycles. The topological polar surface area (TPSA) is 44.9 Å². The lowest BCUT2D eigenvalue weighted by Crippen LogP contribution is -2.27. The number of nitrogens with zero attached hydrogens (tertiary/aromatic N) is 2. The molecule has 1 atom stereocenters. The standard InChI is InChI=1S/C24H26N2O2S/c1-4-6-9-17(5-2)16-26-20-10-7-8-11-22(20)29-23-15-18(12-13-21(23)26)14-19(25-3)24(27)28/h7-8,10-15,17H,4-6,9,16H2,1-2H3,(H,27,28). The summed E-state index contributed by atoms with van der Waals surface area (Å²) in [7, 11) is 0. The summed E-state index contributed by atoms with van der Waals surface area (Å²) in [5.41, 5.74) is 2.85. The van der Waals surface area contributed by atoms with E-state index in [0.717, 1.165) is 29.1 Å². The quantitative estimate of drug-likeness (QED) is 0.384. The van der Waals surface area contributed by atoms with Gasteiger partial charge in [0.1, 0.15) is 0 Å². The highest BCUT2D eigenvalue weighted by molar-refractivity contribution is 7.99. The monoisotopic (exact) mass is 406 g/mol. The molecule has 0 amide bonds. The number of benzene rings is 2. The molecule has 1 heterocycles. The number of unbranched alkanes of at least 4 members (excludes halogenated alkanes) is 1. The Morgan fingerprint density at radius 1 is 1.21 bits per heavy atom. The van der Waals surface area contributed by atoms with Gasteiger partial charge in [-0.1, -0.05) is 63.1 Å². The molecule has 2 aromatic rings. The Kier molecular flexibility index (Phi) is 7.00. The van der Waals surface area contributed by atoms with E-state index in [9.17, 15) is 4.79 Å². The van der Waals surface area contributed by atoms with Gasteiger partial charge in [0.15, 0.2) is 0 Å². The fourth-order valence-corrected chi connectivity index (χ4v) is 4.76. The van der Waals surface area contributed by atoms with Gasteiger partial charge in [-0.2, -0.15) is 0 Å². The second kappa shape index (κ2) is 9.67. The highest BCUT2D eigenvalue weighted by Crippen LogP contribution is 2.48. The summed E-state index contributed by atoms with van der Waals surface area (Å²) in [6.07, 6.45) is 6.27. The molecule has 0 saturated carbocycles. The number of hydrogen-bond acceptors (Lipinski definition) is 3. The summed E-state index contributed by atoms with van der Waals surface area (Å²) in [6.45, 7) is 12.5. The predicted molar refractivity (Wildman–Crippen MR) is 120 cm³/mol. The minimum absolute atomic E-state index is 0.270. The van der Waals surface area contributed by atoms with Crippen LogP contribution in [0.25, 0.3) is 10.9 Å². The van der Waals surface area contributed by atoms with Gasteiger partial charge < -0.3 is 10.0 Å². The maximum atomic E-state index is 11.2. The van der Waals surface area contributed by atoms with Gasteiger partial charge in [0, 0.05) is 16.3 Å². The smallest absolute Gasteiger partial charge is 0.333 e. The van der Waals surface area contributed by atoms with Crippen molar-refractivity contribution in [1.29, 1.82) is 0 Å². The van der Waals surface area contributed by atoms with Gasteiger partial charge >= 0.3 is 5.97 Å². The van der Waals surface area contributed by atoms with Crippen LogP contribution in [-0.4, -0.2) is 17.6 Å². The number of carboxylic acids is 1. The van der Waals surface area contributed by atoms with Crippen molar-refractivity contribution in [1.82, 2.24) is 0 Å². The molecule has 1 N–H and O–H groups in total. The molecule has 3 rings (SSSR count). The highest BCUT2D eigenvalue weighted by atomic mass is 32.2. The van der Waals surface area contributed by atoms with Crippen LogP contribution in [0.4, 0.5) is 11.4 Å². The van der Waals surface area contributed by atoms with Crippen LogP contribution in [0.2, 0.25) is 0 Å². The van der Waals surface area contributed by atoms with Gasteiger partial charge in [0.25, 0.3) is 5.70 Å². The van der Waals surface area contributed by atoms with Gasteiger partial charge in [0.2, 0.25) is 0 Å². The zero-order chi connectivity index (χ0) is 20.8. The molecular weight excluding hydrogens is 380 g/mol. The van der Waals surface area contributed by atoms with Crippen LogP contribution < -0.4 is 4.90 Å². The van der Waals surface area contributed by atoms with Crippen LogP contribution in [0.1, 0.15) is 45.1 Å². The van der Waals surface area contributed by atoms with Crippen LogP contribution in [0, 0.1) is 12.5 Å². The van der Waals surface area contributed by atoms with Gasteiger partial charge in [-0.3, -0.25) is 4.79 Å². The second-order valence-electron chi connectivity index (χ2n) is 7.27. The lowest BCUT2D eigenvalue weighted by atomic mass is 9.98. The van der Waals surface area contributed by atoms with Crippen molar-refractivity contribution in [3.8, 4) is 0 Å². The Morgan fingerprint density at radius 2 is 1.97 bits per heavy atom. The molecule has 5 heteroatoms. The van der Waals surface area contributed by atoms with Crippen molar-refractivity contribution < 1.29 is 9.90 Å². The molecule has 150 valence electrons. The lowest BCUT2D eigenvalue weighted by molar-refractivity contribution is -0.132. The Balaban J connectivity index is 1.99. The Hall–Kier alpha value is -2.71. The van der Waals surface area contributed by atoms with E-state index >= 15 is 0 Å².